The molecule has 0 heterocycles. The number of benzene rings is 1. The predicted octanol–water partition coefficient (Wildman–Crippen LogP) is 1.66. The summed E-state index contributed by atoms with van der Waals surface area (Å²) in [6.45, 7) is 2.88. The second-order valence-electron chi connectivity index (χ2n) is 4.80. The first-order chi connectivity index (χ1) is 8.22. The van der Waals surface area contributed by atoms with Crippen molar-refractivity contribution in [1.29, 1.82) is 0 Å². The molecule has 2 N–H and O–H groups in total. The standard InChI is InChI=1S/C14H21NO2/c1-10(7-8-17-2)15-14-12-6-4-3-5-11(12)9-13(14)16/h3-6,10,13-16H,7-9H2,1-2H3/t10?,13-,14+/m0/s1. The van der Waals surface area contributed by atoms with Crippen molar-refractivity contribution in [3.63, 3.8) is 0 Å². The largest absolute Gasteiger partial charge is 0.391 e. The third-order valence-corrected chi connectivity index (χ3v) is 3.42. The summed E-state index contributed by atoms with van der Waals surface area (Å²) in [7, 11) is 1.71. The Morgan fingerprint density at radius 1 is 1.47 bits per heavy atom. The van der Waals surface area contributed by atoms with E-state index in [2.05, 4.69) is 24.4 Å². The Hall–Kier alpha value is -0.900. The normalized spacial score (nSPS) is 24.6. The molecule has 0 aromatic heterocycles. The zero-order valence-corrected chi connectivity index (χ0v) is 10.5. The first-order valence-electron chi connectivity index (χ1n) is 6.23. The lowest BCUT2D eigenvalue weighted by Gasteiger charge is -2.23. The SMILES string of the molecule is COCCC(C)N[C@@H]1c2ccccc2C[C@@H]1O. The van der Waals surface area contributed by atoms with Gasteiger partial charge in [0, 0.05) is 26.2 Å². The van der Waals surface area contributed by atoms with Crippen molar-refractivity contribution >= 4 is 0 Å². The Labute approximate surface area is 103 Å². The van der Waals surface area contributed by atoms with Crippen LogP contribution in [-0.2, 0) is 11.2 Å². The molecule has 94 valence electrons. The minimum atomic E-state index is -0.308. The molecule has 0 bridgehead atoms. The average molecular weight is 235 g/mol. The van der Waals surface area contributed by atoms with E-state index < -0.39 is 0 Å². The van der Waals surface area contributed by atoms with Gasteiger partial charge in [-0.05, 0) is 24.5 Å². The van der Waals surface area contributed by atoms with E-state index in [0.29, 0.717) is 6.04 Å². The quantitative estimate of drug-likeness (QED) is 0.815. The summed E-state index contributed by atoms with van der Waals surface area (Å²) in [4.78, 5) is 0. The molecule has 0 radical (unpaired) electrons. The number of rotatable bonds is 5. The van der Waals surface area contributed by atoms with Gasteiger partial charge in [-0.15, -0.1) is 0 Å². The Balaban J connectivity index is 2.01. The van der Waals surface area contributed by atoms with Crippen LogP contribution in [0.25, 0.3) is 0 Å². The second-order valence-corrected chi connectivity index (χ2v) is 4.80. The molecule has 1 aliphatic carbocycles. The van der Waals surface area contributed by atoms with E-state index in [-0.39, 0.29) is 12.1 Å². The molecule has 1 unspecified atom stereocenters. The van der Waals surface area contributed by atoms with Gasteiger partial charge >= 0.3 is 0 Å². The van der Waals surface area contributed by atoms with Crippen molar-refractivity contribution in [2.45, 2.75) is 38.0 Å². The van der Waals surface area contributed by atoms with Crippen molar-refractivity contribution < 1.29 is 9.84 Å². The van der Waals surface area contributed by atoms with Crippen LogP contribution in [0.4, 0.5) is 0 Å². The highest BCUT2D eigenvalue weighted by Crippen LogP contribution is 2.31. The van der Waals surface area contributed by atoms with Crippen LogP contribution in [0.2, 0.25) is 0 Å². The fourth-order valence-electron chi connectivity index (χ4n) is 2.46. The summed E-state index contributed by atoms with van der Waals surface area (Å²) in [6.07, 6.45) is 1.41. The molecule has 0 saturated carbocycles. The molecule has 1 aromatic carbocycles. The molecule has 0 fully saturated rings. The Morgan fingerprint density at radius 3 is 3.00 bits per heavy atom. The van der Waals surface area contributed by atoms with E-state index in [1.54, 1.807) is 7.11 Å². The van der Waals surface area contributed by atoms with Crippen LogP contribution in [0.5, 0.6) is 0 Å². The lowest BCUT2D eigenvalue weighted by Crippen LogP contribution is -2.36. The van der Waals surface area contributed by atoms with Gasteiger partial charge in [0.05, 0.1) is 12.1 Å². The van der Waals surface area contributed by atoms with Gasteiger partial charge in [0.15, 0.2) is 0 Å². The summed E-state index contributed by atoms with van der Waals surface area (Å²) in [5, 5.41) is 13.6. The third-order valence-electron chi connectivity index (χ3n) is 3.42. The number of methoxy groups -OCH3 is 1. The maximum atomic E-state index is 10.1. The Morgan fingerprint density at radius 2 is 2.24 bits per heavy atom. The summed E-state index contributed by atoms with van der Waals surface area (Å²) >= 11 is 0. The maximum absolute atomic E-state index is 10.1. The van der Waals surface area contributed by atoms with E-state index in [1.165, 1.54) is 11.1 Å². The Bertz CT molecular complexity index is 367. The highest BCUT2D eigenvalue weighted by molar-refractivity contribution is 5.36. The van der Waals surface area contributed by atoms with E-state index in [0.717, 1.165) is 19.4 Å². The Kier molecular flexibility index (Phi) is 4.15. The van der Waals surface area contributed by atoms with Crippen molar-refractivity contribution in [2.24, 2.45) is 0 Å². The second kappa shape index (κ2) is 5.63. The van der Waals surface area contributed by atoms with Crippen molar-refractivity contribution in [2.75, 3.05) is 13.7 Å². The van der Waals surface area contributed by atoms with Gasteiger partial charge in [-0.3, -0.25) is 0 Å². The van der Waals surface area contributed by atoms with Gasteiger partial charge in [0.1, 0.15) is 0 Å². The number of hydrogen-bond donors (Lipinski definition) is 2. The molecule has 2 rings (SSSR count). The molecule has 0 saturated heterocycles. The summed E-state index contributed by atoms with van der Waals surface area (Å²) in [5.74, 6) is 0. The van der Waals surface area contributed by atoms with Gasteiger partial charge in [0.2, 0.25) is 0 Å². The molecular formula is C14H21NO2. The first-order valence-corrected chi connectivity index (χ1v) is 6.23. The minimum absolute atomic E-state index is 0.0676. The molecular weight excluding hydrogens is 214 g/mol. The lowest BCUT2D eigenvalue weighted by atomic mass is 10.1. The number of ether oxygens (including phenoxy) is 1. The zero-order valence-electron chi connectivity index (χ0n) is 10.5. The first kappa shape index (κ1) is 12.6. The van der Waals surface area contributed by atoms with Crippen LogP contribution in [0.15, 0.2) is 24.3 Å². The topological polar surface area (TPSA) is 41.5 Å². The van der Waals surface area contributed by atoms with Gasteiger partial charge in [-0.25, -0.2) is 0 Å². The van der Waals surface area contributed by atoms with Crippen LogP contribution in [0.3, 0.4) is 0 Å². The van der Waals surface area contributed by atoms with Gasteiger partial charge in [0.25, 0.3) is 0 Å². The highest BCUT2D eigenvalue weighted by atomic mass is 16.5. The van der Waals surface area contributed by atoms with E-state index in [9.17, 15) is 5.11 Å². The van der Waals surface area contributed by atoms with Crippen LogP contribution in [0.1, 0.15) is 30.5 Å². The number of fused-ring (bicyclic) bond motifs is 1. The smallest absolute Gasteiger partial charge is 0.0775 e. The lowest BCUT2D eigenvalue weighted by molar-refractivity contribution is 0.128. The molecule has 1 aliphatic rings. The number of hydrogen-bond acceptors (Lipinski definition) is 3. The minimum Gasteiger partial charge on any atom is -0.391 e. The number of aliphatic hydroxyl groups excluding tert-OH is 1. The molecule has 0 aliphatic heterocycles. The van der Waals surface area contributed by atoms with E-state index in [1.807, 2.05) is 12.1 Å². The van der Waals surface area contributed by atoms with Crippen LogP contribution in [-0.4, -0.2) is 31.0 Å². The van der Waals surface area contributed by atoms with Crippen molar-refractivity contribution in [3.8, 4) is 0 Å². The monoisotopic (exact) mass is 235 g/mol. The maximum Gasteiger partial charge on any atom is 0.0775 e. The van der Waals surface area contributed by atoms with Gasteiger partial charge in [-0.2, -0.15) is 0 Å². The average Bonchev–Trinajstić information content (AvgIpc) is 2.64. The van der Waals surface area contributed by atoms with Crippen molar-refractivity contribution in [3.05, 3.63) is 35.4 Å². The molecule has 3 heteroatoms. The summed E-state index contributed by atoms with van der Waals surface area (Å²) in [5.41, 5.74) is 2.50. The fraction of sp³-hybridized carbons (Fsp3) is 0.571. The van der Waals surface area contributed by atoms with Crippen LogP contribution >= 0.6 is 0 Å². The number of nitrogens with one attached hydrogen (secondary N) is 1. The third kappa shape index (κ3) is 2.86. The predicted molar refractivity (Wildman–Crippen MR) is 68.0 cm³/mol. The van der Waals surface area contributed by atoms with Gasteiger partial charge < -0.3 is 15.2 Å². The van der Waals surface area contributed by atoms with Crippen molar-refractivity contribution in [1.82, 2.24) is 5.32 Å². The highest BCUT2D eigenvalue weighted by Gasteiger charge is 2.31. The molecule has 3 nitrogen and oxygen atoms in total. The van der Waals surface area contributed by atoms with E-state index in [4.69, 9.17) is 4.74 Å². The number of aliphatic hydroxyl groups is 1. The summed E-state index contributed by atoms with van der Waals surface area (Å²) < 4.78 is 5.07. The molecule has 0 amide bonds. The van der Waals surface area contributed by atoms with E-state index >= 15 is 0 Å². The van der Waals surface area contributed by atoms with Crippen LogP contribution in [0, 0.1) is 0 Å². The van der Waals surface area contributed by atoms with Gasteiger partial charge in [-0.1, -0.05) is 24.3 Å². The van der Waals surface area contributed by atoms with Crippen LogP contribution < -0.4 is 5.32 Å². The zero-order chi connectivity index (χ0) is 12.3. The molecule has 1 aromatic rings. The fourth-order valence-corrected chi connectivity index (χ4v) is 2.46. The molecule has 3 atom stereocenters. The summed E-state index contributed by atoms with van der Waals surface area (Å²) in [6, 6.07) is 8.68. The molecule has 0 spiro atoms. The molecule has 17 heavy (non-hydrogen) atoms.